The molecule has 2 heterocycles. The van der Waals surface area contributed by atoms with Crippen molar-refractivity contribution in [3.63, 3.8) is 0 Å². The number of amides is 1. The molecule has 0 unspecified atom stereocenters. The highest BCUT2D eigenvalue weighted by molar-refractivity contribution is 7.24. The summed E-state index contributed by atoms with van der Waals surface area (Å²) >= 11 is 1.40. The number of hydrogen-bond donors (Lipinski definition) is 3. The molecule has 5 aromatic rings. The SMILES string of the molecule is Cc1ccccc1Nc1sc2c(-c3ccccc3)c(C#N)c(N)nc2c1C(=O)NCCc1ccccc1. The summed E-state index contributed by atoms with van der Waals surface area (Å²) in [6, 6.07) is 29.7. The number of anilines is 3. The van der Waals surface area contributed by atoms with Gasteiger partial charge in [0.25, 0.3) is 5.91 Å². The number of nitrogens with two attached hydrogens (primary N) is 1. The zero-order valence-electron chi connectivity index (χ0n) is 20.3. The third-order valence-electron chi connectivity index (χ3n) is 6.19. The van der Waals surface area contributed by atoms with Gasteiger partial charge in [-0.25, -0.2) is 4.98 Å². The van der Waals surface area contributed by atoms with Crippen molar-refractivity contribution in [2.24, 2.45) is 0 Å². The van der Waals surface area contributed by atoms with Crippen molar-refractivity contribution in [3.05, 3.63) is 107 Å². The molecular weight excluding hydrogens is 478 g/mol. The minimum Gasteiger partial charge on any atom is -0.383 e. The second-order valence-electron chi connectivity index (χ2n) is 8.64. The van der Waals surface area contributed by atoms with E-state index in [1.165, 1.54) is 11.3 Å². The molecule has 3 aromatic carbocycles. The standard InChI is InChI=1S/C30H25N5OS/c1-19-10-8-9-15-23(19)34-30-25(29(36)33-17-16-20-11-4-2-5-12-20)26-27(37-30)24(21-13-6-3-7-14-21)22(18-31)28(32)35-26/h2-15,34H,16-17H2,1H3,(H2,32,35)(H,33,36). The van der Waals surface area contributed by atoms with Gasteiger partial charge in [-0.05, 0) is 36.1 Å². The van der Waals surface area contributed by atoms with E-state index in [0.717, 1.165) is 27.1 Å². The molecule has 2 aromatic heterocycles. The molecular formula is C30H25N5OS. The van der Waals surface area contributed by atoms with E-state index in [2.05, 4.69) is 21.7 Å². The Bertz CT molecular complexity index is 1620. The number of nitrogens with one attached hydrogen (secondary N) is 2. The van der Waals surface area contributed by atoms with Crippen molar-refractivity contribution in [3.8, 4) is 17.2 Å². The average molecular weight is 504 g/mol. The highest BCUT2D eigenvalue weighted by Gasteiger charge is 2.26. The molecule has 0 radical (unpaired) electrons. The highest BCUT2D eigenvalue weighted by atomic mass is 32.1. The fraction of sp³-hybridized carbons (Fsp3) is 0.100. The monoisotopic (exact) mass is 503 g/mol. The van der Waals surface area contributed by atoms with Gasteiger partial charge in [-0.1, -0.05) is 78.9 Å². The number of para-hydroxylation sites is 1. The summed E-state index contributed by atoms with van der Waals surface area (Å²) in [6.07, 6.45) is 0.707. The number of pyridine rings is 1. The number of rotatable bonds is 7. The summed E-state index contributed by atoms with van der Waals surface area (Å²) in [7, 11) is 0. The number of nitrogens with zero attached hydrogens (tertiary/aromatic N) is 2. The summed E-state index contributed by atoms with van der Waals surface area (Å²) < 4.78 is 0.737. The van der Waals surface area contributed by atoms with Crippen LogP contribution in [0.3, 0.4) is 0 Å². The summed E-state index contributed by atoms with van der Waals surface area (Å²) in [4.78, 5) is 18.2. The molecule has 7 heteroatoms. The summed E-state index contributed by atoms with van der Waals surface area (Å²) in [5.41, 5.74) is 12.1. The summed E-state index contributed by atoms with van der Waals surface area (Å²) in [5, 5.41) is 17.1. The van der Waals surface area contributed by atoms with Gasteiger partial charge >= 0.3 is 0 Å². The molecule has 1 amide bonds. The molecule has 0 bridgehead atoms. The number of carbonyl (C=O) groups is 1. The third kappa shape index (κ3) is 4.88. The second-order valence-corrected chi connectivity index (χ2v) is 9.66. The van der Waals surface area contributed by atoms with E-state index in [9.17, 15) is 10.1 Å². The molecule has 4 N–H and O–H groups in total. The van der Waals surface area contributed by atoms with Crippen molar-refractivity contribution >= 4 is 44.0 Å². The fourth-order valence-corrected chi connectivity index (χ4v) is 5.52. The Kier molecular flexibility index (Phi) is 6.84. The minimum atomic E-state index is -0.242. The smallest absolute Gasteiger partial charge is 0.256 e. The lowest BCUT2D eigenvalue weighted by atomic mass is 10.00. The van der Waals surface area contributed by atoms with Crippen LogP contribution in [-0.2, 0) is 6.42 Å². The average Bonchev–Trinajstić information content (AvgIpc) is 3.27. The first-order valence-corrected chi connectivity index (χ1v) is 12.7. The third-order valence-corrected chi connectivity index (χ3v) is 7.30. The van der Waals surface area contributed by atoms with E-state index in [1.54, 1.807) is 0 Å². The Morgan fingerprint density at radius 1 is 1.00 bits per heavy atom. The van der Waals surface area contributed by atoms with Gasteiger partial charge in [-0.2, -0.15) is 5.26 Å². The second kappa shape index (κ2) is 10.5. The molecule has 0 saturated heterocycles. The van der Waals surface area contributed by atoms with Crippen molar-refractivity contribution in [1.82, 2.24) is 10.3 Å². The molecule has 0 aliphatic carbocycles. The van der Waals surface area contributed by atoms with Gasteiger partial charge in [-0.15, -0.1) is 11.3 Å². The van der Waals surface area contributed by atoms with Crippen LogP contribution in [0.5, 0.6) is 0 Å². The summed E-state index contributed by atoms with van der Waals surface area (Å²) in [6.45, 7) is 2.48. The fourth-order valence-electron chi connectivity index (χ4n) is 4.30. The number of nitrogen functional groups attached to an aromatic ring is 1. The van der Waals surface area contributed by atoms with Crippen LogP contribution in [0.15, 0.2) is 84.9 Å². The Balaban J connectivity index is 1.63. The number of carbonyl (C=O) groups excluding carboxylic acids is 1. The lowest BCUT2D eigenvalue weighted by Crippen LogP contribution is -2.26. The van der Waals surface area contributed by atoms with Crippen molar-refractivity contribution in [2.75, 3.05) is 17.6 Å². The van der Waals surface area contributed by atoms with Gasteiger partial charge in [0.1, 0.15) is 28.0 Å². The summed E-state index contributed by atoms with van der Waals surface area (Å²) in [5.74, 6) is -0.138. The molecule has 182 valence electrons. The Labute approximate surface area is 219 Å². The van der Waals surface area contributed by atoms with Crippen LogP contribution in [0.2, 0.25) is 0 Å². The molecule has 0 atom stereocenters. The van der Waals surface area contributed by atoms with Gasteiger partial charge in [0.15, 0.2) is 0 Å². The molecule has 5 rings (SSSR count). The van der Waals surface area contributed by atoms with E-state index < -0.39 is 0 Å². The Morgan fingerprint density at radius 3 is 2.38 bits per heavy atom. The molecule has 0 aliphatic rings. The Hall–Kier alpha value is -4.67. The maximum atomic E-state index is 13.6. The Morgan fingerprint density at radius 2 is 1.68 bits per heavy atom. The first-order chi connectivity index (χ1) is 18.1. The van der Waals surface area contributed by atoms with Gasteiger partial charge in [0.05, 0.1) is 10.2 Å². The molecule has 37 heavy (non-hydrogen) atoms. The van der Waals surface area contributed by atoms with Crippen molar-refractivity contribution in [1.29, 1.82) is 5.26 Å². The van der Waals surface area contributed by atoms with Crippen LogP contribution >= 0.6 is 11.3 Å². The topological polar surface area (TPSA) is 104 Å². The van der Waals surface area contributed by atoms with Crippen LogP contribution in [-0.4, -0.2) is 17.4 Å². The molecule has 0 fully saturated rings. The molecule has 0 spiro atoms. The quantitative estimate of drug-likeness (QED) is 0.237. The predicted octanol–water partition coefficient (Wildman–Crippen LogP) is 6.44. The lowest BCUT2D eigenvalue weighted by molar-refractivity contribution is 0.0957. The van der Waals surface area contributed by atoms with Crippen LogP contribution in [0.4, 0.5) is 16.5 Å². The first kappa shape index (κ1) is 24.0. The van der Waals surface area contributed by atoms with Crippen LogP contribution in [0.1, 0.15) is 27.0 Å². The van der Waals surface area contributed by atoms with E-state index in [4.69, 9.17) is 5.73 Å². The number of hydrogen-bond acceptors (Lipinski definition) is 6. The number of fused-ring (bicyclic) bond motifs is 1. The zero-order chi connectivity index (χ0) is 25.8. The van der Waals surface area contributed by atoms with Gasteiger partial charge < -0.3 is 16.4 Å². The van der Waals surface area contributed by atoms with E-state index >= 15 is 0 Å². The van der Waals surface area contributed by atoms with Crippen molar-refractivity contribution < 1.29 is 4.79 Å². The molecule has 0 aliphatic heterocycles. The predicted molar refractivity (Wildman–Crippen MR) is 151 cm³/mol. The normalized spacial score (nSPS) is 10.7. The van der Waals surface area contributed by atoms with Crippen LogP contribution in [0.25, 0.3) is 21.3 Å². The maximum absolute atomic E-state index is 13.6. The zero-order valence-corrected chi connectivity index (χ0v) is 21.1. The van der Waals surface area contributed by atoms with Gasteiger partial charge in [0.2, 0.25) is 0 Å². The number of aryl methyl sites for hydroxylation is 1. The number of benzene rings is 3. The van der Waals surface area contributed by atoms with Crippen LogP contribution in [0, 0.1) is 18.3 Å². The van der Waals surface area contributed by atoms with E-state index in [0.29, 0.717) is 40.2 Å². The number of aromatic nitrogens is 1. The van der Waals surface area contributed by atoms with E-state index in [-0.39, 0.29) is 11.7 Å². The maximum Gasteiger partial charge on any atom is 0.256 e. The van der Waals surface area contributed by atoms with Crippen LogP contribution < -0.4 is 16.4 Å². The minimum absolute atomic E-state index is 0.104. The lowest BCUT2D eigenvalue weighted by Gasteiger charge is -2.11. The largest absolute Gasteiger partial charge is 0.383 e. The number of thiophene rings is 1. The highest BCUT2D eigenvalue weighted by Crippen LogP contribution is 2.44. The van der Waals surface area contributed by atoms with Gasteiger partial charge in [-0.3, -0.25) is 4.79 Å². The van der Waals surface area contributed by atoms with Crippen molar-refractivity contribution in [2.45, 2.75) is 13.3 Å². The molecule has 0 saturated carbocycles. The number of nitriles is 1. The molecule has 6 nitrogen and oxygen atoms in total. The first-order valence-electron chi connectivity index (χ1n) is 11.9. The van der Waals surface area contributed by atoms with Gasteiger partial charge in [0, 0.05) is 17.8 Å². The van der Waals surface area contributed by atoms with E-state index in [1.807, 2.05) is 91.9 Å².